The van der Waals surface area contributed by atoms with Crippen molar-refractivity contribution in [2.24, 2.45) is 5.92 Å². The average molecular weight is 325 g/mol. The first-order chi connectivity index (χ1) is 10.3. The van der Waals surface area contributed by atoms with E-state index in [0.29, 0.717) is 12.3 Å². The number of carboxylic acid groups (broad SMARTS) is 1. The van der Waals surface area contributed by atoms with Gasteiger partial charge in [-0.25, -0.2) is 8.42 Å². The molecular formula is C16H23NO4S. The summed E-state index contributed by atoms with van der Waals surface area (Å²) in [6.45, 7) is 2.93. The number of aliphatic carboxylic acids is 1. The molecule has 1 aromatic rings. The maximum atomic E-state index is 12.4. The van der Waals surface area contributed by atoms with Gasteiger partial charge >= 0.3 is 5.97 Å². The summed E-state index contributed by atoms with van der Waals surface area (Å²) in [5.41, 5.74) is 2.60. The van der Waals surface area contributed by atoms with Crippen molar-refractivity contribution >= 4 is 16.0 Å². The molecule has 0 heterocycles. The van der Waals surface area contributed by atoms with Gasteiger partial charge in [0.05, 0.1) is 5.75 Å². The lowest BCUT2D eigenvalue weighted by atomic mass is 10.0. The zero-order valence-electron chi connectivity index (χ0n) is 13.0. The quantitative estimate of drug-likeness (QED) is 0.831. The van der Waals surface area contributed by atoms with Gasteiger partial charge in [-0.15, -0.1) is 0 Å². The van der Waals surface area contributed by atoms with Crippen LogP contribution in [0.2, 0.25) is 0 Å². The Balaban J connectivity index is 1.97. The Hall–Kier alpha value is -1.40. The van der Waals surface area contributed by atoms with Gasteiger partial charge in [-0.3, -0.25) is 4.79 Å². The number of benzene rings is 1. The van der Waals surface area contributed by atoms with Crippen molar-refractivity contribution in [3.63, 3.8) is 0 Å². The maximum absolute atomic E-state index is 12.4. The van der Waals surface area contributed by atoms with E-state index in [1.165, 1.54) is 11.1 Å². The zero-order chi connectivity index (χ0) is 16.3. The Labute approximate surface area is 132 Å². The van der Waals surface area contributed by atoms with Crippen molar-refractivity contribution in [2.75, 3.05) is 12.3 Å². The van der Waals surface area contributed by atoms with E-state index in [9.17, 15) is 13.2 Å². The van der Waals surface area contributed by atoms with Crippen LogP contribution in [0.15, 0.2) is 24.3 Å². The van der Waals surface area contributed by atoms with Gasteiger partial charge in [0.25, 0.3) is 0 Å². The molecular weight excluding hydrogens is 302 g/mol. The van der Waals surface area contributed by atoms with Crippen LogP contribution in [0, 0.1) is 5.92 Å². The van der Waals surface area contributed by atoms with Crippen molar-refractivity contribution in [1.29, 1.82) is 0 Å². The van der Waals surface area contributed by atoms with Gasteiger partial charge in [0.2, 0.25) is 10.0 Å². The van der Waals surface area contributed by atoms with Crippen LogP contribution in [-0.2, 0) is 27.7 Å². The number of nitrogens with zero attached hydrogens (tertiary/aromatic N) is 1. The van der Waals surface area contributed by atoms with E-state index < -0.39 is 22.5 Å². The molecule has 22 heavy (non-hydrogen) atoms. The summed E-state index contributed by atoms with van der Waals surface area (Å²) in [7, 11) is -3.54. The number of carbonyl (C=O) groups is 1. The Morgan fingerprint density at radius 2 is 1.82 bits per heavy atom. The summed E-state index contributed by atoms with van der Waals surface area (Å²) in [5.74, 6) is -0.784. The predicted molar refractivity (Wildman–Crippen MR) is 85.2 cm³/mol. The van der Waals surface area contributed by atoms with E-state index in [4.69, 9.17) is 5.11 Å². The van der Waals surface area contributed by atoms with E-state index in [1.807, 2.05) is 12.1 Å². The fourth-order valence-corrected chi connectivity index (χ4v) is 4.84. The normalized spacial score (nSPS) is 15.5. The minimum Gasteiger partial charge on any atom is -0.480 e. The zero-order valence-corrected chi connectivity index (χ0v) is 13.8. The molecule has 6 heteroatoms. The second kappa shape index (κ2) is 6.79. The van der Waals surface area contributed by atoms with Crippen LogP contribution in [0.25, 0.3) is 0 Å². The third kappa shape index (κ3) is 4.08. The summed E-state index contributed by atoms with van der Waals surface area (Å²) in [5, 5.41) is 8.89. The lowest BCUT2D eigenvalue weighted by molar-refractivity contribution is -0.137. The molecule has 0 saturated carbocycles. The van der Waals surface area contributed by atoms with E-state index in [0.717, 1.165) is 17.1 Å². The summed E-state index contributed by atoms with van der Waals surface area (Å²) in [6, 6.07) is 7.85. The molecule has 1 N–H and O–H groups in total. The van der Waals surface area contributed by atoms with E-state index in [-0.39, 0.29) is 11.8 Å². The molecule has 0 bridgehead atoms. The standard InChI is InChI=1S/C16H23NO4S/c1-12(2)17(11-16(18)19)22(20,21)8-7-13-9-14-5-3-4-6-15(14)10-13/h3-6,12-13H,7-11H2,1-2H3,(H,18,19). The van der Waals surface area contributed by atoms with Crippen LogP contribution < -0.4 is 0 Å². The van der Waals surface area contributed by atoms with Gasteiger partial charge in [-0.2, -0.15) is 4.31 Å². The van der Waals surface area contributed by atoms with Gasteiger partial charge in [-0.05, 0) is 50.2 Å². The molecule has 0 radical (unpaired) electrons. The van der Waals surface area contributed by atoms with E-state index in [1.54, 1.807) is 13.8 Å². The van der Waals surface area contributed by atoms with Crippen molar-refractivity contribution in [2.45, 2.75) is 39.2 Å². The van der Waals surface area contributed by atoms with Gasteiger partial charge < -0.3 is 5.11 Å². The Bertz CT molecular complexity index is 614. The molecule has 0 unspecified atom stereocenters. The summed E-state index contributed by atoms with van der Waals surface area (Å²) in [4.78, 5) is 10.9. The first-order valence-corrected chi connectivity index (χ1v) is 9.18. The molecule has 122 valence electrons. The number of carboxylic acids is 1. The number of sulfonamides is 1. The Kier molecular flexibility index (Phi) is 5.24. The molecule has 1 aliphatic rings. The minimum absolute atomic E-state index is 0.0110. The molecule has 0 aliphatic heterocycles. The Morgan fingerprint density at radius 3 is 2.27 bits per heavy atom. The molecule has 5 nitrogen and oxygen atoms in total. The summed E-state index contributed by atoms with van der Waals surface area (Å²) >= 11 is 0. The van der Waals surface area contributed by atoms with E-state index in [2.05, 4.69) is 12.1 Å². The number of hydrogen-bond acceptors (Lipinski definition) is 3. The van der Waals surface area contributed by atoms with Crippen molar-refractivity contribution in [3.8, 4) is 0 Å². The molecule has 1 aliphatic carbocycles. The molecule has 0 amide bonds. The lowest BCUT2D eigenvalue weighted by Crippen LogP contribution is -2.42. The highest BCUT2D eigenvalue weighted by molar-refractivity contribution is 7.89. The van der Waals surface area contributed by atoms with Crippen LogP contribution in [-0.4, -0.2) is 42.1 Å². The van der Waals surface area contributed by atoms with Gasteiger partial charge in [-0.1, -0.05) is 24.3 Å². The van der Waals surface area contributed by atoms with Crippen molar-refractivity contribution in [1.82, 2.24) is 4.31 Å². The highest BCUT2D eigenvalue weighted by atomic mass is 32.2. The average Bonchev–Trinajstić information content (AvgIpc) is 2.85. The number of rotatable bonds is 7. The van der Waals surface area contributed by atoms with Gasteiger partial charge in [0, 0.05) is 6.04 Å². The second-order valence-electron chi connectivity index (χ2n) is 6.18. The first-order valence-electron chi connectivity index (χ1n) is 7.57. The first kappa shape index (κ1) is 17.0. The third-order valence-electron chi connectivity index (χ3n) is 4.14. The van der Waals surface area contributed by atoms with Crippen molar-refractivity contribution in [3.05, 3.63) is 35.4 Å². The van der Waals surface area contributed by atoms with Crippen molar-refractivity contribution < 1.29 is 18.3 Å². The minimum atomic E-state index is -3.54. The predicted octanol–water partition coefficient (Wildman–Crippen LogP) is 1.92. The maximum Gasteiger partial charge on any atom is 0.318 e. The number of fused-ring (bicyclic) bond motifs is 1. The molecule has 0 fully saturated rings. The molecule has 2 rings (SSSR count). The summed E-state index contributed by atoms with van der Waals surface area (Å²) < 4.78 is 25.9. The number of hydrogen-bond donors (Lipinski definition) is 1. The largest absolute Gasteiger partial charge is 0.480 e. The monoisotopic (exact) mass is 325 g/mol. The fraction of sp³-hybridized carbons (Fsp3) is 0.562. The highest BCUT2D eigenvalue weighted by Crippen LogP contribution is 2.29. The molecule has 1 aromatic carbocycles. The topological polar surface area (TPSA) is 74.7 Å². The lowest BCUT2D eigenvalue weighted by Gasteiger charge is -2.24. The van der Waals surface area contributed by atoms with Crippen LogP contribution in [0.3, 0.4) is 0 Å². The van der Waals surface area contributed by atoms with Crippen LogP contribution in [0.5, 0.6) is 0 Å². The molecule has 0 aromatic heterocycles. The molecule has 0 spiro atoms. The third-order valence-corrected chi connectivity index (χ3v) is 6.16. The second-order valence-corrected chi connectivity index (χ2v) is 8.22. The van der Waals surface area contributed by atoms with Gasteiger partial charge in [0.1, 0.15) is 6.54 Å². The SMILES string of the molecule is CC(C)N(CC(=O)O)S(=O)(=O)CCC1Cc2ccccc2C1. The molecule has 0 saturated heterocycles. The van der Waals surface area contributed by atoms with E-state index >= 15 is 0 Å². The Morgan fingerprint density at radius 1 is 1.27 bits per heavy atom. The van der Waals surface area contributed by atoms with Crippen LogP contribution in [0.1, 0.15) is 31.4 Å². The smallest absolute Gasteiger partial charge is 0.318 e. The summed E-state index contributed by atoms with van der Waals surface area (Å²) in [6.07, 6.45) is 2.39. The van der Waals surface area contributed by atoms with Crippen LogP contribution >= 0.6 is 0 Å². The fourth-order valence-electron chi connectivity index (χ4n) is 3.02. The van der Waals surface area contributed by atoms with Crippen LogP contribution in [0.4, 0.5) is 0 Å². The molecule has 0 atom stereocenters. The van der Waals surface area contributed by atoms with Gasteiger partial charge in [0.15, 0.2) is 0 Å². The highest BCUT2D eigenvalue weighted by Gasteiger charge is 2.29.